The van der Waals surface area contributed by atoms with Crippen molar-refractivity contribution in [3.63, 3.8) is 0 Å². The molecule has 0 bridgehead atoms. The molecule has 0 rings (SSSR count). The lowest BCUT2D eigenvalue weighted by atomic mass is 10.0. The number of hydrogen-bond acceptors (Lipinski definition) is 3. The van der Waals surface area contributed by atoms with Crippen molar-refractivity contribution in [2.75, 3.05) is 6.61 Å². The van der Waals surface area contributed by atoms with Gasteiger partial charge in [-0.05, 0) is 19.3 Å². The van der Waals surface area contributed by atoms with Crippen molar-refractivity contribution >= 4 is 5.91 Å². The zero-order valence-corrected chi connectivity index (χ0v) is 46.9. The van der Waals surface area contributed by atoms with E-state index in [0.29, 0.717) is 6.42 Å². The van der Waals surface area contributed by atoms with E-state index >= 15 is 0 Å². The average Bonchev–Trinajstić information content (AvgIpc) is 3.34. The van der Waals surface area contributed by atoms with Crippen LogP contribution in [0.4, 0.5) is 0 Å². The molecule has 0 aromatic carbocycles. The summed E-state index contributed by atoms with van der Waals surface area (Å²) in [6, 6.07) is -0.618. The Kier molecular flexibility index (Phi) is 59.7. The summed E-state index contributed by atoms with van der Waals surface area (Å²) >= 11 is 0. The molecular formula is C64H127NO3. The molecule has 4 heteroatoms. The highest BCUT2D eigenvalue weighted by atomic mass is 16.3. The first kappa shape index (κ1) is 67.1. The van der Waals surface area contributed by atoms with Crippen LogP contribution in [0.5, 0.6) is 0 Å². The summed E-state index contributed by atoms with van der Waals surface area (Å²) in [6.45, 7) is 4.36. The van der Waals surface area contributed by atoms with Crippen LogP contribution in [0, 0.1) is 0 Å². The second-order valence-electron chi connectivity index (χ2n) is 22.2. The fourth-order valence-corrected chi connectivity index (χ4v) is 10.4. The lowest BCUT2D eigenvalue weighted by molar-refractivity contribution is -0.123. The Morgan fingerprint density at radius 2 is 0.544 bits per heavy atom. The van der Waals surface area contributed by atoms with Gasteiger partial charge in [-0.2, -0.15) is 0 Å². The van der Waals surface area contributed by atoms with Gasteiger partial charge in [0, 0.05) is 6.42 Å². The largest absolute Gasteiger partial charge is 0.394 e. The van der Waals surface area contributed by atoms with Gasteiger partial charge in [0.15, 0.2) is 0 Å². The number of rotatable bonds is 60. The third-order valence-corrected chi connectivity index (χ3v) is 15.3. The average molecular weight is 959 g/mol. The molecule has 0 heterocycles. The molecule has 0 aliphatic rings. The number of allylic oxidation sites excluding steroid dienone is 1. The van der Waals surface area contributed by atoms with Crippen LogP contribution in [0.15, 0.2) is 12.2 Å². The van der Waals surface area contributed by atoms with Gasteiger partial charge in [-0.25, -0.2) is 0 Å². The zero-order valence-electron chi connectivity index (χ0n) is 46.9. The van der Waals surface area contributed by atoms with E-state index in [9.17, 15) is 15.0 Å². The molecule has 68 heavy (non-hydrogen) atoms. The van der Waals surface area contributed by atoms with Gasteiger partial charge in [0.05, 0.1) is 18.8 Å². The van der Waals surface area contributed by atoms with Crippen molar-refractivity contribution in [1.82, 2.24) is 5.32 Å². The van der Waals surface area contributed by atoms with Gasteiger partial charge in [-0.3, -0.25) is 4.79 Å². The van der Waals surface area contributed by atoms with Crippen molar-refractivity contribution in [2.45, 2.75) is 386 Å². The van der Waals surface area contributed by atoms with Crippen molar-refractivity contribution in [3.8, 4) is 0 Å². The number of carbonyl (C=O) groups is 1. The molecular weight excluding hydrogens is 831 g/mol. The summed E-state index contributed by atoms with van der Waals surface area (Å²) in [7, 11) is 0. The minimum Gasteiger partial charge on any atom is -0.394 e. The maximum absolute atomic E-state index is 12.5. The van der Waals surface area contributed by atoms with Crippen molar-refractivity contribution in [2.24, 2.45) is 0 Å². The summed E-state index contributed by atoms with van der Waals surface area (Å²) < 4.78 is 0. The highest BCUT2D eigenvalue weighted by Gasteiger charge is 2.18. The minimum absolute atomic E-state index is 0.0549. The van der Waals surface area contributed by atoms with Crippen LogP contribution in [0.3, 0.4) is 0 Å². The molecule has 0 aliphatic carbocycles. The van der Waals surface area contributed by atoms with Crippen LogP contribution in [0.1, 0.15) is 373 Å². The van der Waals surface area contributed by atoms with E-state index in [1.54, 1.807) is 6.08 Å². The van der Waals surface area contributed by atoms with Crippen LogP contribution < -0.4 is 5.32 Å². The van der Waals surface area contributed by atoms with E-state index in [1.807, 2.05) is 6.08 Å². The number of unbranched alkanes of at least 4 members (excludes halogenated alkanes) is 53. The van der Waals surface area contributed by atoms with Crippen molar-refractivity contribution in [3.05, 3.63) is 12.2 Å². The molecule has 406 valence electrons. The fraction of sp³-hybridized carbons (Fsp3) is 0.953. The van der Waals surface area contributed by atoms with Gasteiger partial charge < -0.3 is 15.5 Å². The van der Waals surface area contributed by atoms with E-state index in [4.69, 9.17) is 0 Å². The number of hydrogen-bond donors (Lipinski definition) is 3. The standard InChI is InChI=1S/C64H127NO3/c1-3-5-7-9-11-13-15-17-19-21-23-24-25-26-27-28-29-30-31-32-33-34-35-36-37-38-39-40-41-42-44-46-48-50-52-54-56-58-60-64(68)65-62(61-66)63(67)59-57-55-53-51-49-47-45-43-22-20-18-16-14-12-10-8-6-4-2/h57,59,62-63,66-67H,3-56,58,60-61H2,1-2H3,(H,65,68)/b59-57+. The topological polar surface area (TPSA) is 69.6 Å². The normalized spacial score (nSPS) is 12.7. The van der Waals surface area contributed by atoms with Gasteiger partial charge in [-0.1, -0.05) is 360 Å². The van der Waals surface area contributed by atoms with Crippen LogP contribution in [-0.4, -0.2) is 34.9 Å². The summed E-state index contributed by atoms with van der Waals surface area (Å²) in [6.07, 6.45) is 80.0. The minimum atomic E-state index is -0.835. The maximum atomic E-state index is 12.5. The lowest BCUT2D eigenvalue weighted by Gasteiger charge is -2.20. The Labute approximate surface area is 428 Å². The lowest BCUT2D eigenvalue weighted by Crippen LogP contribution is -2.45. The number of nitrogens with one attached hydrogen (secondary N) is 1. The summed E-state index contributed by atoms with van der Waals surface area (Å²) in [5.41, 5.74) is 0. The Balaban J connectivity index is 3.36. The van der Waals surface area contributed by atoms with Gasteiger partial charge in [0.1, 0.15) is 0 Å². The number of aliphatic hydroxyl groups is 2. The molecule has 0 aliphatic heterocycles. The van der Waals surface area contributed by atoms with E-state index in [1.165, 1.54) is 327 Å². The van der Waals surface area contributed by atoms with Crippen LogP contribution in [0.25, 0.3) is 0 Å². The number of aliphatic hydroxyl groups excluding tert-OH is 2. The van der Waals surface area contributed by atoms with E-state index in [2.05, 4.69) is 19.2 Å². The SMILES string of the molecule is CCCCCCCCCCCCCCCCCC/C=C/C(O)C(CO)NC(=O)CCCCCCCCCCCCCCCCCCCCCCCCCCCCCCCCCCCCCCCC. The summed E-state index contributed by atoms with van der Waals surface area (Å²) in [5.74, 6) is -0.0549. The molecule has 0 radical (unpaired) electrons. The molecule has 1 amide bonds. The Hall–Kier alpha value is -0.870. The van der Waals surface area contributed by atoms with Crippen LogP contribution >= 0.6 is 0 Å². The molecule has 3 N–H and O–H groups in total. The molecule has 0 fully saturated rings. The Morgan fingerprint density at radius 3 is 0.765 bits per heavy atom. The molecule has 2 atom stereocenters. The van der Waals surface area contributed by atoms with E-state index in [-0.39, 0.29) is 12.5 Å². The molecule has 0 aromatic heterocycles. The summed E-state index contributed by atoms with van der Waals surface area (Å²) in [4.78, 5) is 12.5. The zero-order chi connectivity index (χ0) is 49.2. The van der Waals surface area contributed by atoms with Crippen molar-refractivity contribution in [1.29, 1.82) is 0 Å². The Bertz CT molecular complexity index is 952. The van der Waals surface area contributed by atoms with Crippen molar-refractivity contribution < 1.29 is 15.0 Å². The molecule has 0 saturated heterocycles. The van der Waals surface area contributed by atoms with Gasteiger partial charge in [0.2, 0.25) is 5.91 Å². The number of amides is 1. The fourth-order valence-electron chi connectivity index (χ4n) is 10.4. The molecule has 0 spiro atoms. The summed E-state index contributed by atoms with van der Waals surface area (Å²) in [5, 5.41) is 23.2. The van der Waals surface area contributed by atoms with E-state index < -0.39 is 12.1 Å². The molecule has 4 nitrogen and oxygen atoms in total. The molecule has 2 unspecified atom stereocenters. The second kappa shape index (κ2) is 60.4. The molecule has 0 aromatic rings. The predicted octanol–water partition coefficient (Wildman–Crippen LogP) is 21.3. The maximum Gasteiger partial charge on any atom is 0.220 e. The van der Waals surface area contributed by atoms with Gasteiger partial charge in [-0.15, -0.1) is 0 Å². The van der Waals surface area contributed by atoms with Crippen LogP contribution in [-0.2, 0) is 4.79 Å². The second-order valence-corrected chi connectivity index (χ2v) is 22.2. The number of carbonyl (C=O) groups excluding carboxylic acids is 1. The smallest absolute Gasteiger partial charge is 0.220 e. The first-order valence-corrected chi connectivity index (χ1v) is 31.9. The molecule has 0 saturated carbocycles. The third kappa shape index (κ3) is 56.0. The van der Waals surface area contributed by atoms with E-state index in [0.717, 1.165) is 25.7 Å². The highest BCUT2D eigenvalue weighted by molar-refractivity contribution is 5.76. The highest BCUT2D eigenvalue weighted by Crippen LogP contribution is 2.19. The van der Waals surface area contributed by atoms with Gasteiger partial charge in [0.25, 0.3) is 0 Å². The predicted molar refractivity (Wildman–Crippen MR) is 304 cm³/mol. The Morgan fingerprint density at radius 1 is 0.338 bits per heavy atom. The quantitative estimate of drug-likeness (QED) is 0.0420. The third-order valence-electron chi connectivity index (χ3n) is 15.3. The van der Waals surface area contributed by atoms with Crippen LogP contribution in [0.2, 0.25) is 0 Å². The van der Waals surface area contributed by atoms with Gasteiger partial charge >= 0.3 is 0 Å². The first-order valence-electron chi connectivity index (χ1n) is 31.9. The monoisotopic (exact) mass is 958 g/mol. The first-order chi connectivity index (χ1) is 33.7.